The molecule has 0 aliphatic heterocycles. The second-order valence-electron chi connectivity index (χ2n) is 4.30. The molecule has 0 radical (unpaired) electrons. The van der Waals surface area contributed by atoms with E-state index < -0.39 is 5.60 Å². The average Bonchev–Trinajstić information content (AvgIpc) is 2.74. The third-order valence-electron chi connectivity index (χ3n) is 3.06. The highest BCUT2D eigenvalue weighted by Crippen LogP contribution is 2.29. The van der Waals surface area contributed by atoms with Crippen molar-refractivity contribution in [1.82, 2.24) is 4.98 Å². The molecule has 1 aliphatic carbocycles. The van der Waals surface area contributed by atoms with Crippen LogP contribution >= 0.6 is 0 Å². The fourth-order valence-electron chi connectivity index (χ4n) is 2.11. The van der Waals surface area contributed by atoms with E-state index in [0.717, 1.165) is 25.7 Å². The van der Waals surface area contributed by atoms with Crippen LogP contribution in [0.3, 0.4) is 0 Å². The summed E-state index contributed by atoms with van der Waals surface area (Å²) in [5.74, 6) is 0. The summed E-state index contributed by atoms with van der Waals surface area (Å²) >= 11 is 0. The van der Waals surface area contributed by atoms with Gasteiger partial charge in [-0.05, 0) is 25.0 Å². The van der Waals surface area contributed by atoms with Gasteiger partial charge < -0.3 is 10.4 Å². The van der Waals surface area contributed by atoms with Crippen LogP contribution in [0, 0.1) is 11.3 Å². The lowest BCUT2D eigenvalue weighted by Crippen LogP contribution is -2.33. The molecule has 0 amide bonds. The molecule has 1 aromatic rings. The normalized spacial score (nSPS) is 18.0. The Balaban J connectivity index is 2.02. The van der Waals surface area contributed by atoms with Gasteiger partial charge in [0.2, 0.25) is 0 Å². The SMILES string of the molecule is N#Cc1ncccc1NCC1(O)CCCC1. The third-order valence-corrected chi connectivity index (χ3v) is 3.06. The molecule has 16 heavy (non-hydrogen) atoms. The van der Waals surface area contributed by atoms with Crippen molar-refractivity contribution in [3.63, 3.8) is 0 Å². The third kappa shape index (κ3) is 2.31. The van der Waals surface area contributed by atoms with Crippen LogP contribution in [-0.2, 0) is 0 Å². The fourth-order valence-corrected chi connectivity index (χ4v) is 2.11. The minimum absolute atomic E-state index is 0.379. The van der Waals surface area contributed by atoms with Gasteiger partial charge in [0, 0.05) is 12.7 Å². The lowest BCUT2D eigenvalue weighted by molar-refractivity contribution is 0.0614. The van der Waals surface area contributed by atoms with E-state index in [0.29, 0.717) is 17.9 Å². The van der Waals surface area contributed by atoms with Gasteiger partial charge in [0.25, 0.3) is 0 Å². The van der Waals surface area contributed by atoms with E-state index in [1.165, 1.54) is 0 Å². The van der Waals surface area contributed by atoms with Gasteiger partial charge in [-0.2, -0.15) is 5.26 Å². The molecule has 1 aliphatic rings. The Morgan fingerprint density at radius 1 is 1.50 bits per heavy atom. The number of nitrogens with one attached hydrogen (secondary N) is 1. The molecule has 2 N–H and O–H groups in total. The minimum Gasteiger partial charge on any atom is -0.388 e. The summed E-state index contributed by atoms with van der Waals surface area (Å²) in [7, 11) is 0. The number of hydrogen-bond donors (Lipinski definition) is 2. The summed E-state index contributed by atoms with van der Waals surface area (Å²) in [6, 6.07) is 5.62. The number of nitrogens with zero attached hydrogens (tertiary/aromatic N) is 2. The van der Waals surface area contributed by atoms with Crippen molar-refractivity contribution in [3.8, 4) is 6.07 Å². The first-order valence-corrected chi connectivity index (χ1v) is 5.55. The monoisotopic (exact) mass is 217 g/mol. The first-order valence-electron chi connectivity index (χ1n) is 5.55. The molecule has 84 valence electrons. The molecule has 0 aromatic carbocycles. The molecule has 4 nitrogen and oxygen atoms in total. The van der Waals surface area contributed by atoms with Crippen molar-refractivity contribution in [2.24, 2.45) is 0 Å². The zero-order valence-corrected chi connectivity index (χ0v) is 9.11. The molecule has 0 saturated heterocycles. The summed E-state index contributed by atoms with van der Waals surface area (Å²) in [4.78, 5) is 3.96. The maximum absolute atomic E-state index is 10.2. The van der Waals surface area contributed by atoms with Gasteiger partial charge in [-0.25, -0.2) is 4.98 Å². The quantitative estimate of drug-likeness (QED) is 0.808. The minimum atomic E-state index is -0.609. The number of pyridine rings is 1. The highest BCUT2D eigenvalue weighted by Gasteiger charge is 2.30. The van der Waals surface area contributed by atoms with Gasteiger partial charge >= 0.3 is 0 Å². The Morgan fingerprint density at radius 2 is 2.25 bits per heavy atom. The fraction of sp³-hybridized carbons (Fsp3) is 0.500. The van der Waals surface area contributed by atoms with E-state index in [1.807, 2.05) is 12.1 Å². The molecule has 1 heterocycles. The molecular formula is C12H15N3O. The zero-order chi connectivity index (χ0) is 11.4. The Bertz CT molecular complexity index is 405. The molecule has 4 heteroatoms. The first-order chi connectivity index (χ1) is 7.73. The largest absolute Gasteiger partial charge is 0.388 e. The van der Waals surface area contributed by atoms with Crippen molar-refractivity contribution in [3.05, 3.63) is 24.0 Å². The molecule has 0 spiro atoms. The van der Waals surface area contributed by atoms with E-state index in [2.05, 4.69) is 10.3 Å². The number of hydrogen-bond acceptors (Lipinski definition) is 4. The maximum atomic E-state index is 10.2. The second kappa shape index (κ2) is 4.50. The average molecular weight is 217 g/mol. The highest BCUT2D eigenvalue weighted by atomic mass is 16.3. The Labute approximate surface area is 94.9 Å². The van der Waals surface area contributed by atoms with E-state index in [-0.39, 0.29) is 0 Å². The molecule has 1 aromatic heterocycles. The number of nitriles is 1. The van der Waals surface area contributed by atoms with Crippen LogP contribution < -0.4 is 5.32 Å². The summed E-state index contributed by atoms with van der Waals surface area (Å²) < 4.78 is 0. The van der Waals surface area contributed by atoms with Crippen molar-refractivity contribution in [1.29, 1.82) is 5.26 Å². The van der Waals surface area contributed by atoms with Crippen molar-refractivity contribution in [2.45, 2.75) is 31.3 Å². The summed E-state index contributed by atoms with van der Waals surface area (Å²) in [5, 5.41) is 22.1. The Hall–Kier alpha value is -1.60. The Morgan fingerprint density at radius 3 is 2.94 bits per heavy atom. The van der Waals surface area contributed by atoms with Crippen molar-refractivity contribution >= 4 is 5.69 Å². The number of rotatable bonds is 3. The Kier molecular flexibility index (Phi) is 3.07. The van der Waals surface area contributed by atoms with Gasteiger partial charge in [-0.15, -0.1) is 0 Å². The molecule has 1 saturated carbocycles. The standard InChI is InChI=1S/C12H15N3O/c13-8-11-10(4-3-7-14-11)15-9-12(16)5-1-2-6-12/h3-4,7,15-16H,1-2,5-6,9H2. The lowest BCUT2D eigenvalue weighted by Gasteiger charge is -2.23. The molecule has 0 bridgehead atoms. The molecule has 0 unspecified atom stereocenters. The van der Waals surface area contributed by atoms with E-state index in [1.54, 1.807) is 12.3 Å². The van der Waals surface area contributed by atoms with Crippen LogP contribution in [0.25, 0.3) is 0 Å². The van der Waals surface area contributed by atoms with Gasteiger partial charge in [0.05, 0.1) is 11.3 Å². The summed E-state index contributed by atoms with van der Waals surface area (Å²) in [6.45, 7) is 0.493. The van der Waals surface area contributed by atoms with Gasteiger partial charge in [-0.1, -0.05) is 12.8 Å². The number of aliphatic hydroxyl groups is 1. The van der Waals surface area contributed by atoms with Crippen LogP contribution in [0.4, 0.5) is 5.69 Å². The zero-order valence-electron chi connectivity index (χ0n) is 9.11. The van der Waals surface area contributed by atoms with Crippen LogP contribution in [0.5, 0.6) is 0 Å². The predicted octanol–water partition coefficient (Wildman–Crippen LogP) is 1.67. The summed E-state index contributed by atoms with van der Waals surface area (Å²) in [5.41, 5.74) is 0.470. The van der Waals surface area contributed by atoms with E-state index in [9.17, 15) is 5.11 Å². The van der Waals surface area contributed by atoms with E-state index in [4.69, 9.17) is 5.26 Å². The van der Waals surface area contributed by atoms with Crippen LogP contribution in [0.1, 0.15) is 31.4 Å². The lowest BCUT2D eigenvalue weighted by atomic mass is 10.0. The smallest absolute Gasteiger partial charge is 0.163 e. The number of anilines is 1. The van der Waals surface area contributed by atoms with Crippen molar-refractivity contribution in [2.75, 3.05) is 11.9 Å². The molecule has 1 fully saturated rings. The van der Waals surface area contributed by atoms with Gasteiger partial charge in [-0.3, -0.25) is 0 Å². The molecular weight excluding hydrogens is 202 g/mol. The topological polar surface area (TPSA) is 68.9 Å². The first kappa shape index (κ1) is 10.9. The van der Waals surface area contributed by atoms with Crippen LogP contribution in [0.2, 0.25) is 0 Å². The van der Waals surface area contributed by atoms with E-state index >= 15 is 0 Å². The van der Waals surface area contributed by atoms with Crippen molar-refractivity contribution < 1.29 is 5.11 Å². The highest BCUT2D eigenvalue weighted by molar-refractivity contribution is 5.53. The maximum Gasteiger partial charge on any atom is 0.163 e. The molecule has 2 rings (SSSR count). The van der Waals surface area contributed by atoms with Gasteiger partial charge in [0.1, 0.15) is 6.07 Å². The number of aromatic nitrogens is 1. The summed E-state index contributed by atoms with van der Waals surface area (Å²) in [6.07, 6.45) is 5.42. The second-order valence-corrected chi connectivity index (χ2v) is 4.30. The van der Waals surface area contributed by atoms with Crippen LogP contribution in [-0.4, -0.2) is 22.2 Å². The van der Waals surface area contributed by atoms with Crippen LogP contribution in [0.15, 0.2) is 18.3 Å². The molecule has 0 atom stereocenters. The van der Waals surface area contributed by atoms with Gasteiger partial charge in [0.15, 0.2) is 5.69 Å². The predicted molar refractivity (Wildman–Crippen MR) is 60.9 cm³/mol.